The van der Waals surface area contributed by atoms with Crippen LogP contribution in [0.1, 0.15) is 11.3 Å². The van der Waals surface area contributed by atoms with Crippen LogP contribution in [0.25, 0.3) is 0 Å². The Balaban J connectivity index is 2.00. The number of ether oxygens (including phenoxy) is 1. The first-order valence-electron chi connectivity index (χ1n) is 6.88. The molecule has 0 aliphatic carbocycles. The fourth-order valence-corrected chi connectivity index (χ4v) is 1.91. The third-order valence-electron chi connectivity index (χ3n) is 3.00. The van der Waals surface area contributed by atoms with Crippen molar-refractivity contribution >= 4 is 5.91 Å². The molecule has 1 N–H and O–H groups in total. The Morgan fingerprint density at radius 1 is 1.33 bits per heavy atom. The minimum atomic E-state index is -4.82. The number of hydrogen-bond acceptors (Lipinski definition) is 4. The molecule has 0 spiro atoms. The van der Waals surface area contributed by atoms with Gasteiger partial charge in [-0.05, 0) is 13.0 Å². The highest BCUT2D eigenvalue weighted by molar-refractivity contribution is 5.75. The maximum Gasteiger partial charge on any atom is 0.573 e. The van der Waals surface area contributed by atoms with Crippen molar-refractivity contribution in [1.82, 2.24) is 14.9 Å². The summed E-state index contributed by atoms with van der Waals surface area (Å²) in [5, 5.41) is 2.44. The van der Waals surface area contributed by atoms with Gasteiger partial charge in [-0.3, -0.25) is 14.2 Å². The van der Waals surface area contributed by atoms with Gasteiger partial charge in [0, 0.05) is 23.9 Å². The highest BCUT2D eigenvalue weighted by Gasteiger charge is 2.31. The minimum Gasteiger partial charge on any atom is -0.405 e. The van der Waals surface area contributed by atoms with Crippen LogP contribution < -0.4 is 15.6 Å². The smallest absolute Gasteiger partial charge is 0.405 e. The number of alkyl halides is 3. The van der Waals surface area contributed by atoms with Gasteiger partial charge in [0.1, 0.15) is 12.3 Å². The zero-order valence-electron chi connectivity index (χ0n) is 12.6. The van der Waals surface area contributed by atoms with Gasteiger partial charge >= 0.3 is 6.36 Å². The maximum absolute atomic E-state index is 12.3. The van der Waals surface area contributed by atoms with Crippen LogP contribution in [0.4, 0.5) is 13.2 Å². The molecule has 1 aromatic heterocycles. The molecule has 9 heteroatoms. The summed E-state index contributed by atoms with van der Waals surface area (Å²) in [5.41, 5.74) is 0.297. The fourth-order valence-electron chi connectivity index (χ4n) is 1.91. The molecule has 0 aliphatic rings. The van der Waals surface area contributed by atoms with Crippen LogP contribution in [0.3, 0.4) is 0 Å². The van der Waals surface area contributed by atoms with Gasteiger partial charge in [-0.1, -0.05) is 18.2 Å². The molecule has 0 saturated heterocycles. The van der Waals surface area contributed by atoms with Crippen molar-refractivity contribution in [1.29, 1.82) is 0 Å². The number of amides is 1. The lowest BCUT2D eigenvalue weighted by atomic mass is 10.2. The number of nitrogens with zero attached hydrogens (tertiary/aromatic N) is 2. The summed E-state index contributed by atoms with van der Waals surface area (Å²) < 4.78 is 42.0. The summed E-state index contributed by atoms with van der Waals surface area (Å²) in [4.78, 5) is 27.4. The van der Waals surface area contributed by atoms with E-state index in [0.29, 0.717) is 5.69 Å². The number of hydrogen-bond donors (Lipinski definition) is 1. The number of benzene rings is 1. The number of carbonyl (C=O) groups is 1. The molecule has 1 heterocycles. The molecule has 2 aromatic rings. The summed E-state index contributed by atoms with van der Waals surface area (Å²) >= 11 is 0. The molecular formula is C15H14F3N3O3. The average molecular weight is 341 g/mol. The Bertz CT molecular complexity index is 787. The van der Waals surface area contributed by atoms with E-state index in [0.717, 1.165) is 10.6 Å². The number of carbonyl (C=O) groups excluding carboxylic acids is 1. The normalized spacial score (nSPS) is 11.2. The van der Waals surface area contributed by atoms with Crippen molar-refractivity contribution in [2.24, 2.45) is 0 Å². The number of aryl methyl sites for hydroxylation is 1. The Morgan fingerprint density at radius 2 is 2.04 bits per heavy atom. The van der Waals surface area contributed by atoms with Crippen LogP contribution in [0.15, 0.2) is 41.5 Å². The summed E-state index contributed by atoms with van der Waals surface area (Å²) in [7, 11) is 0. The van der Waals surface area contributed by atoms with Gasteiger partial charge in [-0.15, -0.1) is 13.2 Å². The van der Waals surface area contributed by atoms with Gasteiger partial charge in [-0.2, -0.15) is 0 Å². The van der Waals surface area contributed by atoms with Crippen molar-refractivity contribution in [2.75, 3.05) is 0 Å². The van der Waals surface area contributed by atoms with Crippen LogP contribution in [-0.2, 0) is 17.9 Å². The lowest BCUT2D eigenvalue weighted by Gasteiger charge is -2.13. The molecule has 0 radical (unpaired) electrons. The van der Waals surface area contributed by atoms with E-state index in [-0.39, 0.29) is 24.4 Å². The van der Waals surface area contributed by atoms with Crippen molar-refractivity contribution < 1.29 is 22.7 Å². The van der Waals surface area contributed by atoms with Gasteiger partial charge in [0.2, 0.25) is 5.91 Å². The molecule has 1 amide bonds. The van der Waals surface area contributed by atoms with E-state index in [9.17, 15) is 22.8 Å². The van der Waals surface area contributed by atoms with Gasteiger partial charge in [0.15, 0.2) is 0 Å². The van der Waals surface area contributed by atoms with Crippen molar-refractivity contribution in [2.45, 2.75) is 26.4 Å². The zero-order valence-corrected chi connectivity index (χ0v) is 12.6. The first-order chi connectivity index (χ1) is 11.2. The second kappa shape index (κ2) is 7.16. The largest absolute Gasteiger partial charge is 0.573 e. The number of halogens is 3. The number of aromatic nitrogens is 2. The molecular weight excluding hydrogens is 327 g/mol. The number of para-hydroxylation sites is 1. The average Bonchev–Trinajstić information content (AvgIpc) is 2.48. The first-order valence-corrected chi connectivity index (χ1v) is 6.88. The Kier molecular flexibility index (Phi) is 5.22. The van der Waals surface area contributed by atoms with Gasteiger partial charge in [0.25, 0.3) is 5.56 Å². The molecule has 0 unspecified atom stereocenters. The van der Waals surface area contributed by atoms with Crippen LogP contribution in [-0.4, -0.2) is 21.8 Å². The maximum atomic E-state index is 12.3. The molecule has 24 heavy (non-hydrogen) atoms. The lowest BCUT2D eigenvalue weighted by molar-refractivity contribution is -0.274. The highest BCUT2D eigenvalue weighted by Crippen LogP contribution is 2.25. The quantitative estimate of drug-likeness (QED) is 0.900. The second-order valence-corrected chi connectivity index (χ2v) is 4.93. The summed E-state index contributed by atoms with van der Waals surface area (Å²) in [6.07, 6.45) is -3.58. The van der Waals surface area contributed by atoms with Crippen LogP contribution in [0.5, 0.6) is 5.75 Å². The Labute approximate surface area is 134 Å². The van der Waals surface area contributed by atoms with Crippen LogP contribution in [0.2, 0.25) is 0 Å². The minimum absolute atomic E-state index is 0.164. The van der Waals surface area contributed by atoms with Crippen molar-refractivity contribution in [3.05, 3.63) is 58.3 Å². The molecule has 0 bridgehead atoms. The van der Waals surface area contributed by atoms with E-state index in [1.807, 2.05) is 0 Å². The van der Waals surface area contributed by atoms with Crippen molar-refractivity contribution in [3.8, 4) is 5.75 Å². The Hall–Kier alpha value is -2.84. The third kappa shape index (κ3) is 5.11. The molecule has 0 saturated carbocycles. The fraction of sp³-hybridized carbons (Fsp3) is 0.267. The SMILES string of the molecule is Cc1cc(=O)n(CC(=O)NCc2ccccc2OC(F)(F)F)cn1. The van der Waals surface area contributed by atoms with E-state index < -0.39 is 17.8 Å². The van der Waals surface area contributed by atoms with E-state index >= 15 is 0 Å². The number of nitrogens with one attached hydrogen (secondary N) is 1. The topological polar surface area (TPSA) is 73.2 Å². The third-order valence-corrected chi connectivity index (χ3v) is 3.00. The molecule has 2 rings (SSSR count). The van der Waals surface area contributed by atoms with E-state index in [4.69, 9.17) is 0 Å². The van der Waals surface area contributed by atoms with Gasteiger partial charge in [-0.25, -0.2) is 4.98 Å². The molecule has 0 fully saturated rings. The molecule has 1 aromatic carbocycles. The molecule has 0 atom stereocenters. The summed E-state index contributed by atoms with van der Waals surface area (Å²) in [6, 6.07) is 6.76. The van der Waals surface area contributed by atoms with Crippen LogP contribution in [0, 0.1) is 6.92 Å². The standard InChI is InChI=1S/C15H14F3N3O3/c1-10-6-14(23)21(9-20-10)8-13(22)19-7-11-4-2-3-5-12(11)24-15(16,17)18/h2-6,9H,7-8H2,1H3,(H,19,22). The number of rotatable bonds is 5. The molecule has 0 aliphatic heterocycles. The Morgan fingerprint density at radius 3 is 2.71 bits per heavy atom. The first kappa shape index (κ1) is 17.5. The van der Waals surface area contributed by atoms with E-state index in [2.05, 4.69) is 15.0 Å². The van der Waals surface area contributed by atoms with E-state index in [1.165, 1.54) is 30.6 Å². The summed E-state index contributed by atoms with van der Waals surface area (Å²) in [5.74, 6) is -0.927. The van der Waals surface area contributed by atoms with E-state index in [1.54, 1.807) is 6.92 Å². The van der Waals surface area contributed by atoms with Gasteiger partial charge < -0.3 is 10.1 Å². The van der Waals surface area contributed by atoms with Crippen molar-refractivity contribution in [3.63, 3.8) is 0 Å². The zero-order chi connectivity index (χ0) is 17.7. The summed E-state index contributed by atoms with van der Waals surface area (Å²) in [6.45, 7) is 1.19. The van der Waals surface area contributed by atoms with Gasteiger partial charge in [0.05, 0.1) is 6.33 Å². The second-order valence-electron chi connectivity index (χ2n) is 4.93. The molecule has 128 valence electrons. The lowest BCUT2D eigenvalue weighted by Crippen LogP contribution is -2.32. The highest BCUT2D eigenvalue weighted by atomic mass is 19.4. The molecule has 6 nitrogen and oxygen atoms in total. The predicted octanol–water partition coefficient (Wildman–Crippen LogP) is 1.77. The van der Waals surface area contributed by atoms with Crippen LogP contribution >= 0.6 is 0 Å². The monoisotopic (exact) mass is 341 g/mol. The predicted molar refractivity (Wildman–Crippen MR) is 78.2 cm³/mol.